The Hall–Kier alpha value is -1.10. The topological polar surface area (TPSA) is 54.0 Å². The first-order valence-electron chi connectivity index (χ1n) is 6.84. The largest absolute Gasteiger partial charge is 0.391 e. The van der Waals surface area contributed by atoms with Crippen molar-refractivity contribution < 1.29 is 18.0 Å². The van der Waals surface area contributed by atoms with E-state index in [1.54, 1.807) is 13.8 Å². The molecule has 0 aliphatic heterocycles. The number of fused-ring (bicyclic) bond motifs is 1. The van der Waals surface area contributed by atoms with Gasteiger partial charge in [-0.2, -0.15) is 13.2 Å². The van der Waals surface area contributed by atoms with E-state index in [1.165, 1.54) is 11.3 Å². The van der Waals surface area contributed by atoms with Gasteiger partial charge in [-0.3, -0.25) is 5.32 Å². The normalized spacial score (nSPS) is 13.3. The van der Waals surface area contributed by atoms with E-state index in [4.69, 9.17) is 0 Å². The molecule has 23 heavy (non-hydrogen) atoms. The summed E-state index contributed by atoms with van der Waals surface area (Å²) in [6.07, 6.45) is -5.38. The molecule has 0 spiro atoms. The van der Waals surface area contributed by atoms with Crippen molar-refractivity contribution in [2.24, 2.45) is 5.92 Å². The lowest BCUT2D eigenvalue weighted by Gasteiger charge is -2.23. The standard InChI is InChI=1S/C14H15F3IN3OS/c1-7(2)10(6-14(15,16)17)19-12(22)21-13-20-9-4-3-8(18)5-11(9)23-13/h3-5,7,10H,6H2,1-2H3,(H2,19,20,21,22). The number of alkyl halides is 3. The minimum absolute atomic E-state index is 0.334. The number of carbonyl (C=O) groups is 1. The van der Waals surface area contributed by atoms with Crippen molar-refractivity contribution in [2.45, 2.75) is 32.5 Å². The SMILES string of the molecule is CC(C)C(CC(F)(F)F)NC(=O)Nc1nc2ccc(I)cc2s1. The number of hydrogen-bond donors (Lipinski definition) is 2. The van der Waals surface area contributed by atoms with E-state index < -0.39 is 24.7 Å². The number of nitrogens with zero attached hydrogens (tertiary/aromatic N) is 1. The summed E-state index contributed by atoms with van der Waals surface area (Å²) < 4.78 is 39.6. The van der Waals surface area contributed by atoms with Gasteiger partial charge in [-0.25, -0.2) is 9.78 Å². The van der Waals surface area contributed by atoms with Crippen LogP contribution in [0.2, 0.25) is 0 Å². The fourth-order valence-electron chi connectivity index (χ4n) is 1.96. The average molecular weight is 457 g/mol. The van der Waals surface area contributed by atoms with Gasteiger partial charge in [-0.1, -0.05) is 25.2 Å². The molecule has 1 heterocycles. The molecule has 0 saturated heterocycles. The maximum Gasteiger partial charge on any atom is 0.391 e. The highest BCUT2D eigenvalue weighted by Crippen LogP contribution is 2.28. The van der Waals surface area contributed by atoms with Crippen LogP contribution in [0.15, 0.2) is 18.2 Å². The molecule has 9 heteroatoms. The van der Waals surface area contributed by atoms with Crippen molar-refractivity contribution in [3.8, 4) is 0 Å². The number of halogens is 4. The van der Waals surface area contributed by atoms with Crippen LogP contribution in [-0.2, 0) is 0 Å². The van der Waals surface area contributed by atoms with Crippen LogP contribution < -0.4 is 10.6 Å². The van der Waals surface area contributed by atoms with Crippen molar-refractivity contribution in [3.05, 3.63) is 21.8 Å². The van der Waals surface area contributed by atoms with Gasteiger partial charge in [0.2, 0.25) is 0 Å². The van der Waals surface area contributed by atoms with Crippen molar-refractivity contribution in [1.82, 2.24) is 10.3 Å². The number of hydrogen-bond acceptors (Lipinski definition) is 3. The summed E-state index contributed by atoms with van der Waals surface area (Å²) in [4.78, 5) is 16.2. The minimum Gasteiger partial charge on any atom is -0.334 e. The summed E-state index contributed by atoms with van der Waals surface area (Å²) in [6.45, 7) is 3.27. The summed E-state index contributed by atoms with van der Waals surface area (Å²) in [7, 11) is 0. The van der Waals surface area contributed by atoms with Crippen LogP contribution in [0.25, 0.3) is 10.2 Å². The zero-order valence-electron chi connectivity index (χ0n) is 12.4. The van der Waals surface area contributed by atoms with E-state index in [0.29, 0.717) is 5.13 Å². The lowest BCUT2D eigenvalue weighted by atomic mass is 10.0. The maximum atomic E-state index is 12.5. The molecule has 1 unspecified atom stereocenters. The molecular formula is C14H15F3IN3OS. The van der Waals surface area contributed by atoms with Gasteiger partial charge in [0.05, 0.1) is 16.6 Å². The predicted octanol–water partition coefficient (Wildman–Crippen LogP) is 5.00. The Balaban J connectivity index is 2.04. The van der Waals surface area contributed by atoms with Gasteiger partial charge >= 0.3 is 12.2 Å². The van der Waals surface area contributed by atoms with Gasteiger partial charge in [0, 0.05) is 9.61 Å². The van der Waals surface area contributed by atoms with E-state index in [9.17, 15) is 18.0 Å². The van der Waals surface area contributed by atoms with Crippen LogP contribution in [0, 0.1) is 9.49 Å². The Labute approximate surface area is 149 Å². The summed E-state index contributed by atoms with van der Waals surface area (Å²) in [5, 5.41) is 5.24. The number of urea groups is 1. The highest BCUT2D eigenvalue weighted by Gasteiger charge is 2.34. The zero-order valence-corrected chi connectivity index (χ0v) is 15.3. The number of rotatable bonds is 4. The molecule has 0 bridgehead atoms. The zero-order chi connectivity index (χ0) is 17.2. The first kappa shape index (κ1) is 18.2. The van der Waals surface area contributed by atoms with E-state index in [0.717, 1.165) is 13.8 Å². The minimum atomic E-state index is -4.32. The Morgan fingerprint density at radius 3 is 2.70 bits per heavy atom. The number of anilines is 1. The highest BCUT2D eigenvalue weighted by molar-refractivity contribution is 14.1. The van der Waals surface area contributed by atoms with Crippen LogP contribution in [0.1, 0.15) is 20.3 Å². The van der Waals surface area contributed by atoms with Gasteiger partial charge in [-0.15, -0.1) is 0 Å². The van der Waals surface area contributed by atoms with Crippen LogP contribution >= 0.6 is 33.9 Å². The highest BCUT2D eigenvalue weighted by atomic mass is 127. The lowest BCUT2D eigenvalue weighted by Crippen LogP contribution is -2.43. The molecule has 0 aliphatic carbocycles. The molecule has 126 valence electrons. The molecule has 1 aromatic carbocycles. The summed E-state index contributed by atoms with van der Waals surface area (Å²) >= 11 is 3.45. The first-order chi connectivity index (χ1) is 10.6. The molecule has 2 amide bonds. The summed E-state index contributed by atoms with van der Waals surface area (Å²) in [6, 6.07) is 3.99. The maximum absolute atomic E-state index is 12.5. The van der Waals surface area contributed by atoms with Crippen molar-refractivity contribution in [3.63, 3.8) is 0 Å². The molecule has 1 aromatic heterocycles. The van der Waals surface area contributed by atoms with Crippen LogP contribution in [0.3, 0.4) is 0 Å². The second-order valence-electron chi connectivity index (χ2n) is 5.40. The fourth-order valence-corrected chi connectivity index (χ4v) is 3.56. The van der Waals surface area contributed by atoms with E-state index >= 15 is 0 Å². The number of aromatic nitrogens is 1. The lowest BCUT2D eigenvalue weighted by molar-refractivity contribution is -0.141. The third-order valence-electron chi connectivity index (χ3n) is 3.14. The Morgan fingerprint density at radius 1 is 1.39 bits per heavy atom. The quantitative estimate of drug-likeness (QED) is 0.636. The summed E-state index contributed by atoms with van der Waals surface area (Å²) in [5.74, 6) is -0.334. The third kappa shape index (κ3) is 5.48. The molecule has 2 rings (SSSR count). The third-order valence-corrected chi connectivity index (χ3v) is 4.75. The van der Waals surface area contributed by atoms with Gasteiger partial charge in [0.1, 0.15) is 0 Å². The number of benzene rings is 1. The molecule has 0 radical (unpaired) electrons. The second kappa shape index (κ2) is 7.20. The monoisotopic (exact) mass is 457 g/mol. The molecule has 4 nitrogen and oxygen atoms in total. The van der Waals surface area contributed by atoms with Crippen LogP contribution in [-0.4, -0.2) is 23.2 Å². The molecule has 2 aromatic rings. The van der Waals surface area contributed by atoms with Gasteiger partial charge in [0.15, 0.2) is 5.13 Å². The number of carbonyl (C=O) groups excluding carboxylic acids is 1. The number of thiazole rings is 1. The smallest absolute Gasteiger partial charge is 0.334 e. The molecule has 1 atom stereocenters. The van der Waals surface area contributed by atoms with Crippen molar-refractivity contribution in [2.75, 3.05) is 5.32 Å². The van der Waals surface area contributed by atoms with Crippen LogP contribution in [0.4, 0.5) is 23.1 Å². The number of nitrogens with one attached hydrogen (secondary N) is 2. The van der Waals surface area contributed by atoms with Gasteiger partial charge in [0.25, 0.3) is 0 Å². The Morgan fingerprint density at radius 2 is 2.09 bits per heavy atom. The van der Waals surface area contributed by atoms with Crippen molar-refractivity contribution in [1.29, 1.82) is 0 Å². The first-order valence-corrected chi connectivity index (χ1v) is 8.74. The average Bonchev–Trinajstić information content (AvgIpc) is 2.77. The molecular weight excluding hydrogens is 442 g/mol. The van der Waals surface area contributed by atoms with Crippen LogP contribution in [0.5, 0.6) is 0 Å². The molecule has 0 saturated carbocycles. The van der Waals surface area contributed by atoms with Gasteiger partial charge < -0.3 is 5.32 Å². The molecule has 2 N–H and O–H groups in total. The van der Waals surface area contributed by atoms with E-state index in [-0.39, 0.29) is 5.92 Å². The predicted molar refractivity (Wildman–Crippen MR) is 93.8 cm³/mol. The van der Waals surface area contributed by atoms with E-state index in [1.807, 2.05) is 18.2 Å². The summed E-state index contributed by atoms with van der Waals surface area (Å²) in [5.41, 5.74) is 0.737. The Bertz CT molecular complexity index is 702. The molecule has 0 aliphatic rings. The van der Waals surface area contributed by atoms with Crippen molar-refractivity contribution >= 4 is 55.3 Å². The fraction of sp³-hybridized carbons (Fsp3) is 0.429. The van der Waals surface area contributed by atoms with E-state index in [2.05, 4.69) is 38.2 Å². The molecule has 0 fully saturated rings. The Kier molecular flexibility index (Phi) is 5.71. The number of amides is 2. The second-order valence-corrected chi connectivity index (χ2v) is 7.68. The van der Waals surface area contributed by atoms with Gasteiger partial charge in [-0.05, 0) is 46.7 Å².